The highest BCUT2D eigenvalue weighted by molar-refractivity contribution is 6.09. The fraction of sp³-hybridized carbons (Fsp3) is 0.143. The highest BCUT2D eigenvalue weighted by atomic mass is 16.3. The van der Waals surface area contributed by atoms with E-state index in [1.54, 1.807) is 6.33 Å². The maximum Gasteiger partial charge on any atom is 0.137 e. The highest BCUT2D eigenvalue weighted by Gasteiger charge is 2.20. The fourth-order valence-corrected chi connectivity index (χ4v) is 5.14. The number of hydrogen-bond acceptors (Lipinski definition) is 3. The second kappa shape index (κ2) is 7.20. The minimum absolute atomic E-state index is 0.879. The van der Waals surface area contributed by atoms with Crippen molar-refractivity contribution in [1.82, 2.24) is 19.3 Å². The number of fused-ring (bicyclic) bond motifs is 6. The first-order valence-corrected chi connectivity index (χ1v) is 11.5. The Morgan fingerprint density at radius 3 is 2.33 bits per heavy atom. The van der Waals surface area contributed by atoms with Crippen molar-refractivity contribution in [3.8, 4) is 22.7 Å². The van der Waals surface area contributed by atoms with Gasteiger partial charge in [-0.15, -0.1) is 10.2 Å². The lowest BCUT2D eigenvalue weighted by atomic mass is 10.1. The van der Waals surface area contributed by atoms with Crippen LogP contribution in [0.25, 0.3) is 44.5 Å². The first-order chi connectivity index (χ1) is 16.4. The molecule has 0 unspecified atom stereocenters. The van der Waals surface area contributed by atoms with E-state index in [2.05, 4.69) is 98.2 Å². The average molecular weight is 431 g/mol. The van der Waals surface area contributed by atoms with E-state index in [0.29, 0.717) is 0 Å². The maximum absolute atomic E-state index is 6.42. The zero-order chi connectivity index (χ0) is 21.8. The molecule has 3 aromatic heterocycles. The van der Waals surface area contributed by atoms with Crippen molar-refractivity contribution in [3.63, 3.8) is 0 Å². The Morgan fingerprint density at radius 2 is 1.52 bits per heavy atom. The smallest absolute Gasteiger partial charge is 0.137 e. The zero-order valence-corrected chi connectivity index (χ0v) is 18.1. The van der Waals surface area contributed by atoms with Crippen LogP contribution < -0.4 is 0 Å². The second-order valence-electron chi connectivity index (χ2n) is 8.66. The summed E-state index contributed by atoms with van der Waals surface area (Å²) in [6, 6.07) is 27.9. The lowest BCUT2D eigenvalue weighted by molar-refractivity contribution is 0.499. The number of furan rings is 1. The van der Waals surface area contributed by atoms with Crippen LogP contribution in [0.15, 0.2) is 89.6 Å². The molecule has 33 heavy (non-hydrogen) atoms. The van der Waals surface area contributed by atoms with Crippen LogP contribution in [0.3, 0.4) is 0 Å². The molecule has 5 nitrogen and oxygen atoms in total. The zero-order valence-electron chi connectivity index (χ0n) is 18.1. The SMILES string of the molecule is c1cc(-c2cc3c(o2)CCCCc2nncn2-3)cc(-n2c3ccccc3c3ccccc32)c1. The molecule has 1 aliphatic heterocycles. The quantitative estimate of drug-likeness (QED) is 0.315. The Morgan fingerprint density at radius 1 is 0.758 bits per heavy atom. The number of rotatable bonds is 2. The van der Waals surface area contributed by atoms with E-state index in [4.69, 9.17) is 4.42 Å². The van der Waals surface area contributed by atoms with Crippen molar-refractivity contribution >= 4 is 21.8 Å². The summed E-state index contributed by atoms with van der Waals surface area (Å²) in [6.07, 6.45) is 5.86. The summed E-state index contributed by atoms with van der Waals surface area (Å²) in [5.41, 5.74) is 5.66. The third-order valence-corrected chi connectivity index (χ3v) is 6.69. The predicted molar refractivity (Wildman–Crippen MR) is 130 cm³/mol. The molecule has 0 aliphatic carbocycles. The fourth-order valence-electron chi connectivity index (χ4n) is 5.14. The number of aromatic nitrogens is 4. The van der Waals surface area contributed by atoms with E-state index >= 15 is 0 Å². The molecule has 0 atom stereocenters. The number of aryl methyl sites for hydroxylation is 2. The molecule has 4 heterocycles. The normalized spacial score (nSPS) is 13.6. The topological polar surface area (TPSA) is 48.8 Å². The summed E-state index contributed by atoms with van der Waals surface area (Å²) in [5, 5.41) is 11.0. The van der Waals surface area contributed by atoms with Crippen molar-refractivity contribution in [2.24, 2.45) is 0 Å². The van der Waals surface area contributed by atoms with Crippen LogP contribution in [0.5, 0.6) is 0 Å². The summed E-state index contributed by atoms with van der Waals surface area (Å²) in [4.78, 5) is 0. The molecule has 0 N–H and O–H groups in total. The first kappa shape index (κ1) is 18.5. The molecule has 5 heteroatoms. The highest BCUT2D eigenvalue weighted by Crippen LogP contribution is 2.35. The molecular formula is C28H22N4O. The molecule has 1 aliphatic rings. The summed E-state index contributed by atoms with van der Waals surface area (Å²) < 4.78 is 10.8. The van der Waals surface area contributed by atoms with E-state index in [1.807, 2.05) is 0 Å². The minimum Gasteiger partial charge on any atom is -0.459 e. The van der Waals surface area contributed by atoms with Crippen molar-refractivity contribution in [2.75, 3.05) is 0 Å². The Kier molecular flexibility index (Phi) is 4.03. The van der Waals surface area contributed by atoms with Gasteiger partial charge in [0.1, 0.15) is 23.7 Å². The van der Waals surface area contributed by atoms with Crippen LogP contribution in [0.1, 0.15) is 24.4 Å². The largest absolute Gasteiger partial charge is 0.459 e. The van der Waals surface area contributed by atoms with Gasteiger partial charge in [-0.05, 0) is 37.1 Å². The lowest BCUT2D eigenvalue weighted by Crippen LogP contribution is -2.05. The van der Waals surface area contributed by atoms with Gasteiger partial charge in [-0.25, -0.2) is 0 Å². The molecule has 0 saturated carbocycles. The van der Waals surface area contributed by atoms with Gasteiger partial charge in [-0.2, -0.15) is 0 Å². The standard InChI is InChI=1S/C28H22N4O/c1-3-12-23-21(10-1)22-11-2-4-13-24(22)32(23)20-9-7-8-19(16-20)27-17-25-26(33-27)14-5-6-15-28-30-29-18-31(25)28/h1-4,7-13,16-18H,5-6,14-15H2. The number of hydrogen-bond donors (Lipinski definition) is 0. The van der Waals surface area contributed by atoms with Crippen molar-refractivity contribution in [3.05, 3.63) is 96.8 Å². The number of benzene rings is 3. The van der Waals surface area contributed by atoms with Gasteiger partial charge < -0.3 is 8.98 Å². The predicted octanol–water partition coefficient (Wildman–Crippen LogP) is 6.50. The third kappa shape index (κ3) is 2.85. The third-order valence-electron chi connectivity index (χ3n) is 6.69. The molecule has 0 amide bonds. The van der Waals surface area contributed by atoms with Crippen molar-refractivity contribution in [1.29, 1.82) is 0 Å². The Hall–Kier alpha value is -4.12. The first-order valence-electron chi connectivity index (χ1n) is 11.5. The monoisotopic (exact) mass is 430 g/mol. The van der Waals surface area contributed by atoms with Gasteiger partial charge in [-0.1, -0.05) is 48.5 Å². The van der Waals surface area contributed by atoms with E-state index in [0.717, 1.165) is 60.0 Å². The van der Waals surface area contributed by atoms with Crippen LogP contribution in [-0.2, 0) is 12.8 Å². The van der Waals surface area contributed by atoms with Gasteiger partial charge >= 0.3 is 0 Å². The van der Waals surface area contributed by atoms with Crippen LogP contribution in [-0.4, -0.2) is 19.3 Å². The van der Waals surface area contributed by atoms with Gasteiger partial charge in [0.2, 0.25) is 0 Å². The van der Waals surface area contributed by atoms with Gasteiger partial charge in [0.15, 0.2) is 0 Å². The van der Waals surface area contributed by atoms with E-state index in [9.17, 15) is 0 Å². The summed E-state index contributed by atoms with van der Waals surface area (Å²) >= 11 is 0. The summed E-state index contributed by atoms with van der Waals surface area (Å²) in [6.45, 7) is 0. The lowest BCUT2D eigenvalue weighted by Gasteiger charge is -2.10. The maximum atomic E-state index is 6.42. The van der Waals surface area contributed by atoms with Crippen molar-refractivity contribution in [2.45, 2.75) is 25.7 Å². The van der Waals surface area contributed by atoms with Gasteiger partial charge in [0.25, 0.3) is 0 Å². The number of nitrogens with zero attached hydrogens (tertiary/aromatic N) is 4. The van der Waals surface area contributed by atoms with Gasteiger partial charge in [0, 0.05) is 40.9 Å². The van der Waals surface area contributed by atoms with Gasteiger partial charge in [-0.3, -0.25) is 4.57 Å². The number of para-hydroxylation sites is 2. The van der Waals surface area contributed by atoms with Gasteiger partial charge in [0.05, 0.1) is 16.7 Å². The Bertz CT molecular complexity index is 1580. The molecule has 7 rings (SSSR count). The van der Waals surface area contributed by atoms with Crippen molar-refractivity contribution < 1.29 is 4.42 Å². The van der Waals surface area contributed by atoms with Crippen LogP contribution in [0.2, 0.25) is 0 Å². The second-order valence-corrected chi connectivity index (χ2v) is 8.66. The Balaban J connectivity index is 1.40. The Labute approximate surface area is 190 Å². The molecule has 0 saturated heterocycles. The van der Waals surface area contributed by atoms with E-state index in [-0.39, 0.29) is 0 Å². The molecule has 0 fully saturated rings. The molecular weight excluding hydrogens is 408 g/mol. The summed E-state index contributed by atoms with van der Waals surface area (Å²) in [5.74, 6) is 2.89. The van der Waals surface area contributed by atoms with E-state index in [1.165, 1.54) is 21.8 Å². The minimum atomic E-state index is 0.879. The molecule has 160 valence electrons. The summed E-state index contributed by atoms with van der Waals surface area (Å²) in [7, 11) is 0. The molecule has 6 aromatic rings. The molecule has 0 bridgehead atoms. The van der Waals surface area contributed by atoms with Crippen LogP contribution in [0, 0.1) is 0 Å². The molecule has 3 aromatic carbocycles. The van der Waals surface area contributed by atoms with Crippen LogP contribution in [0.4, 0.5) is 0 Å². The average Bonchev–Trinajstić information content (AvgIpc) is 3.56. The molecule has 0 spiro atoms. The molecule has 0 radical (unpaired) electrons. The van der Waals surface area contributed by atoms with E-state index < -0.39 is 0 Å². The van der Waals surface area contributed by atoms with Crippen LogP contribution >= 0.6 is 0 Å².